The van der Waals surface area contributed by atoms with Crippen molar-refractivity contribution in [2.75, 3.05) is 19.0 Å². The molecule has 4 heteroatoms. The number of ether oxygens (including phenoxy) is 1. The molecule has 0 bridgehead atoms. The summed E-state index contributed by atoms with van der Waals surface area (Å²) in [5.74, 6) is 0.762. The van der Waals surface area contributed by atoms with E-state index in [9.17, 15) is 4.79 Å². The highest BCUT2D eigenvalue weighted by Crippen LogP contribution is 2.35. The zero-order valence-corrected chi connectivity index (χ0v) is 10.7. The normalized spacial score (nSPS) is 20.8. The quantitative estimate of drug-likeness (QED) is 0.847. The number of anilines is 1. The average Bonchev–Trinajstić information content (AvgIpc) is 2.35. The molecule has 1 amide bonds. The summed E-state index contributed by atoms with van der Waals surface area (Å²) >= 11 is 0. The Morgan fingerprint density at radius 1 is 1.47 bits per heavy atom. The van der Waals surface area contributed by atoms with Gasteiger partial charge in [0.1, 0.15) is 5.75 Å². The minimum Gasteiger partial charge on any atom is -0.479 e. The fourth-order valence-electron chi connectivity index (χ4n) is 1.96. The van der Waals surface area contributed by atoms with E-state index in [1.165, 1.54) is 0 Å². The van der Waals surface area contributed by atoms with Crippen LogP contribution in [0.25, 0.3) is 0 Å². The molecule has 1 aliphatic heterocycles. The van der Waals surface area contributed by atoms with E-state index in [1.54, 1.807) is 18.9 Å². The molecule has 0 spiro atoms. The SMILES string of the molecule is CNC(C)c1ccc2c(c1)N(C)C(=O)C(C)O2. The summed E-state index contributed by atoms with van der Waals surface area (Å²) in [7, 11) is 3.70. The van der Waals surface area contributed by atoms with Crippen molar-refractivity contribution in [3.8, 4) is 5.75 Å². The lowest BCUT2D eigenvalue weighted by atomic mass is 10.1. The molecule has 2 rings (SSSR count). The van der Waals surface area contributed by atoms with Crippen LogP contribution in [-0.4, -0.2) is 26.1 Å². The fourth-order valence-corrected chi connectivity index (χ4v) is 1.96. The Kier molecular flexibility index (Phi) is 3.07. The number of nitrogens with zero attached hydrogens (tertiary/aromatic N) is 1. The number of carbonyl (C=O) groups excluding carboxylic acids is 1. The van der Waals surface area contributed by atoms with Gasteiger partial charge in [0.05, 0.1) is 5.69 Å². The van der Waals surface area contributed by atoms with E-state index < -0.39 is 6.10 Å². The lowest BCUT2D eigenvalue weighted by Gasteiger charge is -2.31. The Bertz CT molecular complexity index is 445. The largest absolute Gasteiger partial charge is 0.479 e. The molecule has 92 valence electrons. The minimum atomic E-state index is -0.403. The van der Waals surface area contributed by atoms with Gasteiger partial charge < -0.3 is 15.0 Å². The molecular formula is C13H18N2O2. The molecule has 1 aromatic rings. The molecule has 2 atom stereocenters. The van der Waals surface area contributed by atoms with Gasteiger partial charge in [0.15, 0.2) is 6.10 Å². The van der Waals surface area contributed by atoms with Crippen LogP contribution in [0, 0.1) is 0 Å². The van der Waals surface area contributed by atoms with Crippen LogP contribution in [0.4, 0.5) is 5.69 Å². The van der Waals surface area contributed by atoms with Crippen LogP contribution in [0.1, 0.15) is 25.5 Å². The van der Waals surface area contributed by atoms with Crippen LogP contribution < -0.4 is 15.0 Å². The summed E-state index contributed by atoms with van der Waals surface area (Å²) < 4.78 is 5.57. The number of hydrogen-bond donors (Lipinski definition) is 1. The zero-order chi connectivity index (χ0) is 12.6. The van der Waals surface area contributed by atoms with Crippen LogP contribution >= 0.6 is 0 Å². The third-order valence-electron chi connectivity index (χ3n) is 3.26. The maximum Gasteiger partial charge on any atom is 0.267 e. The molecule has 1 aliphatic rings. The van der Waals surface area contributed by atoms with Gasteiger partial charge in [-0.2, -0.15) is 0 Å². The third kappa shape index (κ3) is 2.00. The van der Waals surface area contributed by atoms with Crippen LogP contribution in [0.2, 0.25) is 0 Å². The Morgan fingerprint density at radius 2 is 2.18 bits per heavy atom. The lowest BCUT2D eigenvalue weighted by Crippen LogP contribution is -2.42. The molecule has 4 nitrogen and oxygen atoms in total. The van der Waals surface area contributed by atoms with E-state index in [-0.39, 0.29) is 11.9 Å². The maximum atomic E-state index is 11.8. The molecule has 2 unspecified atom stereocenters. The van der Waals surface area contributed by atoms with Gasteiger partial charge in [-0.1, -0.05) is 6.07 Å². The number of carbonyl (C=O) groups is 1. The first-order valence-corrected chi connectivity index (χ1v) is 5.80. The van der Waals surface area contributed by atoms with E-state index in [0.717, 1.165) is 17.0 Å². The highest BCUT2D eigenvalue weighted by atomic mass is 16.5. The molecule has 1 aromatic carbocycles. The summed E-state index contributed by atoms with van der Waals surface area (Å²) in [4.78, 5) is 13.5. The first-order valence-electron chi connectivity index (χ1n) is 5.80. The van der Waals surface area contributed by atoms with Crippen molar-refractivity contribution in [1.82, 2.24) is 5.32 Å². The standard InChI is InChI=1S/C13H18N2O2/c1-8(14-3)10-5-6-12-11(7-10)15(4)13(16)9(2)17-12/h5-9,14H,1-4H3. The summed E-state index contributed by atoms with van der Waals surface area (Å²) in [6.45, 7) is 3.85. The molecule has 0 radical (unpaired) electrons. The second kappa shape index (κ2) is 4.37. The summed E-state index contributed by atoms with van der Waals surface area (Å²) in [5.41, 5.74) is 1.98. The summed E-state index contributed by atoms with van der Waals surface area (Å²) in [6, 6.07) is 6.21. The van der Waals surface area contributed by atoms with Gasteiger partial charge in [0, 0.05) is 13.1 Å². The van der Waals surface area contributed by atoms with E-state index in [4.69, 9.17) is 4.74 Å². The number of rotatable bonds is 2. The third-order valence-corrected chi connectivity index (χ3v) is 3.26. The van der Waals surface area contributed by atoms with Crippen molar-refractivity contribution in [2.24, 2.45) is 0 Å². The molecular weight excluding hydrogens is 216 g/mol. The first kappa shape index (κ1) is 11.9. The van der Waals surface area contributed by atoms with E-state index >= 15 is 0 Å². The monoisotopic (exact) mass is 234 g/mol. The number of amides is 1. The summed E-state index contributed by atoms with van der Waals surface area (Å²) in [5, 5.41) is 3.18. The van der Waals surface area contributed by atoms with Crippen LogP contribution in [0.15, 0.2) is 18.2 Å². The van der Waals surface area contributed by atoms with Gasteiger partial charge in [-0.25, -0.2) is 0 Å². The smallest absolute Gasteiger partial charge is 0.267 e. The van der Waals surface area contributed by atoms with Crippen LogP contribution in [-0.2, 0) is 4.79 Å². The number of nitrogens with one attached hydrogen (secondary N) is 1. The van der Waals surface area contributed by atoms with E-state index in [0.29, 0.717) is 0 Å². The van der Waals surface area contributed by atoms with Gasteiger partial charge in [-0.15, -0.1) is 0 Å². The van der Waals surface area contributed by atoms with Gasteiger partial charge >= 0.3 is 0 Å². The van der Waals surface area contributed by atoms with Gasteiger partial charge in [0.25, 0.3) is 5.91 Å². The van der Waals surface area contributed by atoms with Gasteiger partial charge in [-0.05, 0) is 38.6 Å². The molecule has 1 heterocycles. The Labute approximate surface area is 102 Å². The highest BCUT2D eigenvalue weighted by Gasteiger charge is 2.29. The average molecular weight is 234 g/mol. The predicted octanol–water partition coefficient (Wildman–Crippen LogP) is 1.71. The number of likely N-dealkylation sites (N-methyl/N-ethyl adjacent to an activating group) is 1. The number of benzene rings is 1. The van der Waals surface area contributed by atoms with E-state index in [1.807, 2.05) is 25.2 Å². The predicted molar refractivity (Wildman–Crippen MR) is 67.4 cm³/mol. The number of fused-ring (bicyclic) bond motifs is 1. The number of hydrogen-bond acceptors (Lipinski definition) is 3. The van der Waals surface area contributed by atoms with Crippen molar-refractivity contribution in [3.63, 3.8) is 0 Å². The zero-order valence-electron chi connectivity index (χ0n) is 10.7. The van der Waals surface area contributed by atoms with Gasteiger partial charge in [0.2, 0.25) is 0 Å². The Balaban J connectivity index is 2.42. The summed E-state index contributed by atoms with van der Waals surface area (Å²) in [6.07, 6.45) is -0.403. The minimum absolute atomic E-state index is 0.00763. The van der Waals surface area contributed by atoms with Crippen molar-refractivity contribution < 1.29 is 9.53 Å². The molecule has 0 fully saturated rings. The van der Waals surface area contributed by atoms with Crippen molar-refractivity contribution in [3.05, 3.63) is 23.8 Å². The molecule has 0 saturated carbocycles. The second-order valence-electron chi connectivity index (χ2n) is 4.39. The van der Waals surface area contributed by atoms with Crippen LogP contribution in [0.5, 0.6) is 5.75 Å². The fraction of sp³-hybridized carbons (Fsp3) is 0.462. The highest BCUT2D eigenvalue weighted by molar-refractivity contribution is 5.99. The molecule has 0 aliphatic carbocycles. The van der Waals surface area contributed by atoms with Gasteiger partial charge in [-0.3, -0.25) is 4.79 Å². The van der Waals surface area contributed by atoms with E-state index in [2.05, 4.69) is 12.2 Å². The molecule has 17 heavy (non-hydrogen) atoms. The molecule has 0 aromatic heterocycles. The van der Waals surface area contributed by atoms with Crippen molar-refractivity contribution in [2.45, 2.75) is 26.0 Å². The van der Waals surface area contributed by atoms with Crippen LogP contribution in [0.3, 0.4) is 0 Å². The maximum absolute atomic E-state index is 11.8. The lowest BCUT2D eigenvalue weighted by molar-refractivity contribution is -0.125. The van der Waals surface area contributed by atoms with Crippen molar-refractivity contribution >= 4 is 11.6 Å². The molecule has 0 saturated heterocycles. The molecule has 1 N–H and O–H groups in total. The first-order chi connectivity index (χ1) is 8.04. The topological polar surface area (TPSA) is 41.6 Å². The Morgan fingerprint density at radius 3 is 2.82 bits per heavy atom. The Hall–Kier alpha value is -1.55. The second-order valence-corrected chi connectivity index (χ2v) is 4.39. The van der Waals surface area contributed by atoms with Crippen molar-refractivity contribution in [1.29, 1.82) is 0 Å².